The van der Waals surface area contributed by atoms with Crippen LogP contribution in [0.3, 0.4) is 0 Å². The third-order valence-electron chi connectivity index (χ3n) is 2.38. The molecule has 0 bridgehead atoms. The van der Waals surface area contributed by atoms with Crippen LogP contribution in [0.4, 0.5) is 0 Å². The fourth-order valence-electron chi connectivity index (χ4n) is 1.60. The van der Waals surface area contributed by atoms with Gasteiger partial charge in [0.15, 0.2) is 0 Å². The van der Waals surface area contributed by atoms with Crippen molar-refractivity contribution in [2.45, 2.75) is 20.8 Å². The Labute approximate surface area is 88.7 Å². The lowest BCUT2D eigenvalue weighted by Crippen LogP contribution is -1.92. The monoisotopic (exact) mass is 206 g/mol. The van der Waals surface area contributed by atoms with E-state index >= 15 is 0 Å². The van der Waals surface area contributed by atoms with Gasteiger partial charge in [0.2, 0.25) is 0 Å². The van der Waals surface area contributed by atoms with Crippen LogP contribution in [0.15, 0.2) is 12.1 Å². The predicted molar refractivity (Wildman–Crippen MR) is 59.0 cm³/mol. The number of phenols is 1. The second-order valence-corrected chi connectivity index (χ2v) is 3.57. The van der Waals surface area contributed by atoms with Gasteiger partial charge in [0.1, 0.15) is 5.75 Å². The Kier molecular flexibility index (Phi) is 3.14. The van der Waals surface area contributed by atoms with Crippen molar-refractivity contribution in [1.29, 1.82) is 0 Å². The average Bonchev–Trinajstić information content (AvgIpc) is 2.14. The minimum absolute atomic E-state index is 0.227. The molecule has 0 aliphatic heterocycles. The number of phenolic OH excluding ortho intramolecular Hbond substituents is 1. The standard InChI is InChI=1S/C12H14O3/c1-7-6-8(2)12(15)9(3)10(7)4-5-11(13)14/h4-6,15H,1-3H3,(H,13,14)/b5-4+. The van der Waals surface area contributed by atoms with Crippen molar-refractivity contribution in [2.24, 2.45) is 0 Å². The maximum Gasteiger partial charge on any atom is 0.328 e. The second kappa shape index (κ2) is 4.17. The van der Waals surface area contributed by atoms with Gasteiger partial charge in [-0.25, -0.2) is 4.79 Å². The second-order valence-electron chi connectivity index (χ2n) is 3.57. The lowest BCUT2D eigenvalue weighted by atomic mass is 9.98. The largest absolute Gasteiger partial charge is 0.507 e. The van der Waals surface area contributed by atoms with Gasteiger partial charge in [0.05, 0.1) is 0 Å². The Morgan fingerprint density at radius 1 is 1.27 bits per heavy atom. The zero-order chi connectivity index (χ0) is 11.6. The third-order valence-corrected chi connectivity index (χ3v) is 2.38. The lowest BCUT2D eigenvalue weighted by Gasteiger charge is -2.10. The third kappa shape index (κ3) is 2.37. The summed E-state index contributed by atoms with van der Waals surface area (Å²) in [6, 6.07) is 1.84. The molecule has 3 nitrogen and oxygen atoms in total. The van der Waals surface area contributed by atoms with E-state index in [2.05, 4.69) is 0 Å². The van der Waals surface area contributed by atoms with Crippen LogP contribution in [0.2, 0.25) is 0 Å². The minimum atomic E-state index is -0.992. The van der Waals surface area contributed by atoms with Gasteiger partial charge in [-0.15, -0.1) is 0 Å². The smallest absolute Gasteiger partial charge is 0.328 e. The highest BCUT2D eigenvalue weighted by molar-refractivity contribution is 5.86. The highest BCUT2D eigenvalue weighted by Crippen LogP contribution is 2.28. The van der Waals surface area contributed by atoms with Crippen LogP contribution in [0, 0.1) is 20.8 Å². The topological polar surface area (TPSA) is 57.5 Å². The summed E-state index contributed by atoms with van der Waals surface area (Å²) in [7, 11) is 0. The summed E-state index contributed by atoms with van der Waals surface area (Å²) < 4.78 is 0. The van der Waals surface area contributed by atoms with Crippen LogP contribution in [-0.4, -0.2) is 16.2 Å². The van der Waals surface area contributed by atoms with E-state index in [0.29, 0.717) is 5.56 Å². The molecule has 0 radical (unpaired) electrons. The molecule has 1 rings (SSSR count). The molecule has 0 spiro atoms. The summed E-state index contributed by atoms with van der Waals surface area (Å²) in [6.45, 7) is 5.48. The van der Waals surface area contributed by atoms with Crippen molar-refractivity contribution >= 4 is 12.0 Å². The van der Waals surface area contributed by atoms with Crippen molar-refractivity contribution in [3.8, 4) is 5.75 Å². The molecule has 0 aromatic heterocycles. The van der Waals surface area contributed by atoms with E-state index in [1.807, 2.05) is 19.9 Å². The average molecular weight is 206 g/mol. The van der Waals surface area contributed by atoms with Crippen LogP contribution >= 0.6 is 0 Å². The van der Waals surface area contributed by atoms with Crippen molar-refractivity contribution in [1.82, 2.24) is 0 Å². The van der Waals surface area contributed by atoms with E-state index in [4.69, 9.17) is 5.11 Å². The van der Waals surface area contributed by atoms with Gasteiger partial charge in [-0.2, -0.15) is 0 Å². The Balaban J connectivity index is 3.30. The molecule has 0 atom stereocenters. The van der Waals surface area contributed by atoms with Crippen LogP contribution in [0.1, 0.15) is 22.3 Å². The number of carbonyl (C=O) groups is 1. The molecule has 0 unspecified atom stereocenters. The molecule has 0 saturated heterocycles. The van der Waals surface area contributed by atoms with Crippen LogP contribution in [-0.2, 0) is 4.79 Å². The van der Waals surface area contributed by atoms with Crippen molar-refractivity contribution in [3.05, 3.63) is 34.4 Å². The molecule has 15 heavy (non-hydrogen) atoms. The first-order chi connectivity index (χ1) is 6.93. The molecule has 0 aliphatic rings. The summed E-state index contributed by atoms with van der Waals surface area (Å²) in [5, 5.41) is 18.2. The van der Waals surface area contributed by atoms with E-state index in [9.17, 15) is 9.90 Å². The van der Waals surface area contributed by atoms with E-state index < -0.39 is 5.97 Å². The Hall–Kier alpha value is -1.77. The van der Waals surface area contributed by atoms with Gasteiger partial charge in [-0.1, -0.05) is 6.07 Å². The predicted octanol–water partition coefficient (Wildman–Crippen LogP) is 2.42. The molecule has 0 fully saturated rings. The molecule has 2 N–H and O–H groups in total. The van der Waals surface area contributed by atoms with Gasteiger partial charge < -0.3 is 10.2 Å². The molecule has 80 valence electrons. The molecule has 0 amide bonds. The summed E-state index contributed by atoms with van der Waals surface area (Å²) in [5.41, 5.74) is 3.24. The van der Waals surface area contributed by atoms with E-state index in [-0.39, 0.29) is 5.75 Å². The quantitative estimate of drug-likeness (QED) is 0.730. The van der Waals surface area contributed by atoms with Gasteiger partial charge in [-0.05, 0) is 49.1 Å². The molecule has 0 heterocycles. The lowest BCUT2D eigenvalue weighted by molar-refractivity contribution is -0.131. The molecule has 0 saturated carbocycles. The number of hydrogen-bond acceptors (Lipinski definition) is 2. The van der Waals surface area contributed by atoms with Gasteiger partial charge in [-0.3, -0.25) is 0 Å². The van der Waals surface area contributed by atoms with Crippen LogP contribution in [0.25, 0.3) is 6.08 Å². The number of carboxylic acids is 1. The van der Waals surface area contributed by atoms with E-state index in [1.165, 1.54) is 6.08 Å². The fourth-order valence-corrected chi connectivity index (χ4v) is 1.60. The normalized spacial score (nSPS) is 10.9. The first kappa shape index (κ1) is 11.3. The van der Waals surface area contributed by atoms with Gasteiger partial charge in [0.25, 0.3) is 0 Å². The zero-order valence-electron chi connectivity index (χ0n) is 9.03. The van der Waals surface area contributed by atoms with Crippen molar-refractivity contribution < 1.29 is 15.0 Å². The van der Waals surface area contributed by atoms with Crippen molar-refractivity contribution in [3.63, 3.8) is 0 Å². The summed E-state index contributed by atoms with van der Waals surface area (Å²) >= 11 is 0. The van der Waals surface area contributed by atoms with Gasteiger partial charge in [0, 0.05) is 6.08 Å². The van der Waals surface area contributed by atoms with E-state index in [1.54, 1.807) is 6.92 Å². The van der Waals surface area contributed by atoms with Gasteiger partial charge >= 0.3 is 5.97 Å². The minimum Gasteiger partial charge on any atom is -0.507 e. The SMILES string of the molecule is Cc1cc(C)c(/C=C/C(=O)O)c(C)c1O. The number of aliphatic carboxylic acids is 1. The fraction of sp³-hybridized carbons (Fsp3) is 0.250. The molecular formula is C12H14O3. The number of aromatic hydroxyl groups is 1. The van der Waals surface area contributed by atoms with E-state index in [0.717, 1.165) is 22.8 Å². The summed E-state index contributed by atoms with van der Waals surface area (Å²) in [5.74, 6) is -0.764. The zero-order valence-corrected chi connectivity index (χ0v) is 9.03. The maximum absolute atomic E-state index is 10.4. The van der Waals surface area contributed by atoms with Crippen LogP contribution < -0.4 is 0 Å². The first-order valence-corrected chi connectivity index (χ1v) is 4.64. The highest BCUT2D eigenvalue weighted by Gasteiger charge is 2.07. The Morgan fingerprint density at radius 3 is 2.40 bits per heavy atom. The maximum atomic E-state index is 10.4. The van der Waals surface area contributed by atoms with Crippen molar-refractivity contribution in [2.75, 3.05) is 0 Å². The highest BCUT2D eigenvalue weighted by atomic mass is 16.4. The first-order valence-electron chi connectivity index (χ1n) is 4.64. The molecular weight excluding hydrogens is 192 g/mol. The molecule has 1 aromatic rings. The summed E-state index contributed by atoms with van der Waals surface area (Å²) in [4.78, 5) is 10.4. The number of aryl methyl sites for hydroxylation is 2. The van der Waals surface area contributed by atoms with Crippen LogP contribution in [0.5, 0.6) is 5.75 Å². The molecule has 3 heteroatoms. The Morgan fingerprint density at radius 2 is 1.87 bits per heavy atom. The number of rotatable bonds is 2. The Bertz CT molecular complexity index is 431. The molecule has 1 aromatic carbocycles. The molecule has 0 aliphatic carbocycles. The number of carboxylic acid groups (broad SMARTS) is 1. The summed E-state index contributed by atoms with van der Waals surface area (Å²) in [6.07, 6.45) is 2.58. The number of hydrogen-bond donors (Lipinski definition) is 2. The number of benzene rings is 1.